The number of hydrogen-bond donors (Lipinski definition) is 0. The summed E-state index contributed by atoms with van der Waals surface area (Å²) in [5.41, 5.74) is 0.873. The number of rotatable bonds is 6. The smallest absolute Gasteiger partial charge is 0.235 e. The maximum Gasteiger partial charge on any atom is 0.235 e. The number of morpholine rings is 1. The standard InChI is InChI=1S/C17H21N5O4S/c1-23-12-8-11(9-13(24-2)15(12)25-3)16-20-22-14(18-19-17(22)27-16)10-21-4-6-26-7-5-21/h8-9H,4-7,10H2,1-3H3. The Balaban J connectivity index is 1.68. The molecule has 0 amide bonds. The molecule has 1 saturated heterocycles. The number of methoxy groups -OCH3 is 3. The van der Waals surface area contributed by atoms with Crippen LogP contribution >= 0.6 is 11.3 Å². The highest BCUT2D eigenvalue weighted by Crippen LogP contribution is 2.41. The van der Waals surface area contributed by atoms with Crippen molar-refractivity contribution in [3.8, 4) is 27.8 Å². The van der Waals surface area contributed by atoms with Gasteiger partial charge in [0.15, 0.2) is 17.3 Å². The van der Waals surface area contributed by atoms with Crippen LogP contribution < -0.4 is 14.2 Å². The van der Waals surface area contributed by atoms with Crippen molar-refractivity contribution in [2.45, 2.75) is 6.54 Å². The fourth-order valence-electron chi connectivity index (χ4n) is 3.04. The molecule has 0 aliphatic carbocycles. The summed E-state index contributed by atoms with van der Waals surface area (Å²) in [7, 11) is 4.78. The lowest BCUT2D eigenvalue weighted by atomic mass is 10.2. The van der Waals surface area contributed by atoms with Crippen molar-refractivity contribution in [2.24, 2.45) is 0 Å². The van der Waals surface area contributed by atoms with Gasteiger partial charge in [0.1, 0.15) is 5.01 Å². The molecule has 10 heteroatoms. The van der Waals surface area contributed by atoms with Gasteiger partial charge in [-0.25, -0.2) is 0 Å². The van der Waals surface area contributed by atoms with Gasteiger partial charge in [-0.3, -0.25) is 4.90 Å². The Labute approximate surface area is 160 Å². The van der Waals surface area contributed by atoms with E-state index >= 15 is 0 Å². The van der Waals surface area contributed by atoms with Gasteiger partial charge in [0.05, 0.1) is 41.1 Å². The number of hydrogen-bond acceptors (Lipinski definition) is 9. The lowest BCUT2D eigenvalue weighted by Gasteiger charge is -2.25. The molecular weight excluding hydrogens is 370 g/mol. The Morgan fingerprint density at radius 2 is 1.74 bits per heavy atom. The summed E-state index contributed by atoms with van der Waals surface area (Å²) in [5.74, 6) is 2.55. The van der Waals surface area contributed by atoms with Gasteiger partial charge in [-0.05, 0) is 12.1 Å². The predicted molar refractivity (Wildman–Crippen MR) is 99.8 cm³/mol. The Bertz CT molecular complexity index is 910. The maximum atomic E-state index is 5.44. The van der Waals surface area contributed by atoms with Crippen LogP contribution in [0.15, 0.2) is 12.1 Å². The van der Waals surface area contributed by atoms with Gasteiger partial charge in [0.25, 0.3) is 0 Å². The zero-order valence-corrected chi connectivity index (χ0v) is 16.3. The van der Waals surface area contributed by atoms with Crippen LogP contribution in [0.25, 0.3) is 15.5 Å². The van der Waals surface area contributed by atoms with E-state index in [0.717, 1.165) is 47.7 Å². The first-order valence-corrected chi connectivity index (χ1v) is 9.36. The molecule has 2 aromatic heterocycles. The quantitative estimate of drug-likeness (QED) is 0.628. The summed E-state index contributed by atoms with van der Waals surface area (Å²) in [6.07, 6.45) is 0. The van der Waals surface area contributed by atoms with Crippen molar-refractivity contribution >= 4 is 16.3 Å². The molecule has 0 atom stereocenters. The molecule has 0 N–H and O–H groups in total. The van der Waals surface area contributed by atoms with E-state index in [1.54, 1.807) is 25.8 Å². The van der Waals surface area contributed by atoms with Gasteiger partial charge in [-0.2, -0.15) is 9.61 Å². The lowest BCUT2D eigenvalue weighted by Crippen LogP contribution is -2.36. The Morgan fingerprint density at radius 1 is 1.04 bits per heavy atom. The molecule has 9 nitrogen and oxygen atoms in total. The molecule has 0 radical (unpaired) electrons. The second-order valence-corrected chi connectivity index (χ2v) is 6.98. The fourth-order valence-corrected chi connectivity index (χ4v) is 3.88. The van der Waals surface area contributed by atoms with E-state index in [2.05, 4.69) is 15.1 Å². The first kappa shape index (κ1) is 18.0. The number of benzene rings is 1. The van der Waals surface area contributed by atoms with Crippen molar-refractivity contribution in [1.82, 2.24) is 24.7 Å². The first-order valence-electron chi connectivity index (χ1n) is 8.55. The van der Waals surface area contributed by atoms with E-state index in [9.17, 15) is 0 Å². The second kappa shape index (κ2) is 7.67. The monoisotopic (exact) mass is 391 g/mol. The lowest BCUT2D eigenvalue weighted by molar-refractivity contribution is 0.0328. The van der Waals surface area contributed by atoms with Crippen LogP contribution in [0.2, 0.25) is 0 Å². The Hall–Kier alpha value is -2.43. The SMILES string of the molecule is COc1cc(-c2nn3c(CN4CCOCC4)nnc3s2)cc(OC)c1OC. The van der Waals surface area contributed by atoms with Crippen LogP contribution in [0, 0.1) is 0 Å². The van der Waals surface area contributed by atoms with Crippen molar-refractivity contribution < 1.29 is 18.9 Å². The highest BCUT2D eigenvalue weighted by molar-refractivity contribution is 7.19. The predicted octanol–water partition coefficient (Wildman–Crippen LogP) is 1.71. The summed E-state index contributed by atoms with van der Waals surface area (Å²) in [6, 6.07) is 3.77. The van der Waals surface area contributed by atoms with Gasteiger partial charge in [0, 0.05) is 18.7 Å². The van der Waals surface area contributed by atoms with Crippen LogP contribution in [0.3, 0.4) is 0 Å². The van der Waals surface area contributed by atoms with Crippen molar-refractivity contribution in [3.05, 3.63) is 18.0 Å². The molecule has 0 spiro atoms. The molecule has 3 aromatic rings. The maximum absolute atomic E-state index is 5.44. The summed E-state index contributed by atoms with van der Waals surface area (Å²) < 4.78 is 23.5. The normalized spacial score (nSPS) is 15.2. The summed E-state index contributed by atoms with van der Waals surface area (Å²) >= 11 is 1.47. The number of fused-ring (bicyclic) bond motifs is 1. The average Bonchev–Trinajstić information content (AvgIpc) is 3.29. The van der Waals surface area contributed by atoms with E-state index in [4.69, 9.17) is 24.0 Å². The summed E-state index contributed by atoms with van der Waals surface area (Å²) in [4.78, 5) is 3.04. The topological polar surface area (TPSA) is 83.2 Å². The van der Waals surface area contributed by atoms with E-state index in [-0.39, 0.29) is 0 Å². The highest BCUT2D eigenvalue weighted by atomic mass is 32.1. The molecular formula is C17H21N5O4S. The molecule has 1 aliphatic heterocycles. The summed E-state index contributed by atoms with van der Waals surface area (Å²) in [5, 5.41) is 14.1. The Morgan fingerprint density at radius 3 is 2.37 bits per heavy atom. The fraction of sp³-hybridized carbons (Fsp3) is 0.471. The third-order valence-corrected chi connectivity index (χ3v) is 5.38. The van der Waals surface area contributed by atoms with Crippen LogP contribution in [0.4, 0.5) is 0 Å². The van der Waals surface area contributed by atoms with Crippen LogP contribution in [-0.4, -0.2) is 72.3 Å². The third kappa shape index (κ3) is 3.43. The van der Waals surface area contributed by atoms with Gasteiger partial charge < -0.3 is 18.9 Å². The van der Waals surface area contributed by atoms with Crippen molar-refractivity contribution in [2.75, 3.05) is 47.6 Å². The van der Waals surface area contributed by atoms with E-state index < -0.39 is 0 Å². The first-order chi connectivity index (χ1) is 13.2. The van der Waals surface area contributed by atoms with Crippen molar-refractivity contribution in [1.29, 1.82) is 0 Å². The van der Waals surface area contributed by atoms with Crippen LogP contribution in [0.5, 0.6) is 17.2 Å². The number of ether oxygens (including phenoxy) is 4. The summed E-state index contributed by atoms with van der Waals surface area (Å²) in [6.45, 7) is 3.96. The van der Waals surface area contributed by atoms with Crippen LogP contribution in [0.1, 0.15) is 5.82 Å². The molecule has 0 saturated carbocycles. The molecule has 1 fully saturated rings. The molecule has 1 aromatic carbocycles. The molecule has 1 aliphatic rings. The minimum Gasteiger partial charge on any atom is -0.493 e. The molecule has 0 unspecified atom stereocenters. The number of nitrogens with zero attached hydrogens (tertiary/aromatic N) is 5. The van der Waals surface area contributed by atoms with E-state index in [1.807, 2.05) is 12.1 Å². The largest absolute Gasteiger partial charge is 0.493 e. The minimum absolute atomic E-state index is 0.555. The Kier molecular flexibility index (Phi) is 5.10. The van der Waals surface area contributed by atoms with Gasteiger partial charge in [-0.1, -0.05) is 11.3 Å². The number of aromatic nitrogens is 4. The molecule has 27 heavy (non-hydrogen) atoms. The minimum atomic E-state index is 0.555. The molecule has 0 bridgehead atoms. The third-order valence-electron chi connectivity index (χ3n) is 4.44. The van der Waals surface area contributed by atoms with Crippen molar-refractivity contribution in [3.63, 3.8) is 0 Å². The molecule has 3 heterocycles. The highest BCUT2D eigenvalue weighted by Gasteiger charge is 2.20. The van der Waals surface area contributed by atoms with Gasteiger partial charge >= 0.3 is 0 Å². The second-order valence-electron chi connectivity index (χ2n) is 6.02. The van der Waals surface area contributed by atoms with E-state index in [0.29, 0.717) is 23.8 Å². The van der Waals surface area contributed by atoms with Gasteiger partial charge in [-0.15, -0.1) is 10.2 Å². The van der Waals surface area contributed by atoms with E-state index in [1.165, 1.54) is 11.3 Å². The van der Waals surface area contributed by atoms with Gasteiger partial charge in [0.2, 0.25) is 10.7 Å². The zero-order chi connectivity index (χ0) is 18.8. The molecule has 144 valence electrons. The zero-order valence-electron chi connectivity index (χ0n) is 15.5. The van der Waals surface area contributed by atoms with Crippen LogP contribution in [-0.2, 0) is 11.3 Å². The molecule has 4 rings (SSSR count). The average molecular weight is 391 g/mol.